The molecule has 0 aromatic rings. The van der Waals surface area contributed by atoms with Crippen molar-refractivity contribution in [3.05, 3.63) is 0 Å². The molecule has 1 aliphatic heterocycles. The predicted molar refractivity (Wildman–Crippen MR) is 69.1 cm³/mol. The van der Waals surface area contributed by atoms with Crippen molar-refractivity contribution < 1.29 is 14.3 Å². The van der Waals surface area contributed by atoms with Crippen molar-refractivity contribution in [2.24, 2.45) is 5.92 Å². The molecule has 1 fully saturated rings. The fourth-order valence-corrected chi connectivity index (χ4v) is 2.25. The third kappa shape index (κ3) is 3.70. The summed E-state index contributed by atoms with van der Waals surface area (Å²) in [7, 11) is 1.35. The lowest BCUT2D eigenvalue weighted by Crippen LogP contribution is -2.53. The number of nitrogens with one attached hydrogen (secondary N) is 1. The molecule has 1 amide bonds. The van der Waals surface area contributed by atoms with E-state index in [2.05, 4.69) is 42.6 Å². The van der Waals surface area contributed by atoms with Crippen molar-refractivity contribution in [3.63, 3.8) is 0 Å². The second-order valence-electron chi connectivity index (χ2n) is 5.97. The third-order valence-corrected chi connectivity index (χ3v) is 3.26. The minimum atomic E-state index is -0.442. The molecule has 1 rings (SSSR count). The summed E-state index contributed by atoms with van der Waals surface area (Å²) in [6.45, 7) is 9.72. The molecule has 5 heteroatoms. The molecule has 18 heavy (non-hydrogen) atoms. The lowest BCUT2D eigenvalue weighted by atomic mass is 9.99. The van der Waals surface area contributed by atoms with Gasteiger partial charge < -0.3 is 10.1 Å². The lowest BCUT2D eigenvalue weighted by Gasteiger charge is -2.39. The molecule has 0 bridgehead atoms. The molecule has 0 saturated carbocycles. The minimum absolute atomic E-state index is 0.0836. The van der Waals surface area contributed by atoms with E-state index >= 15 is 0 Å². The molecular formula is C13H24N2O3. The summed E-state index contributed by atoms with van der Waals surface area (Å²) in [5.74, 6) is -0.0607. The molecule has 0 radical (unpaired) electrons. The summed E-state index contributed by atoms with van der Waals surface area (Å²) >= 11 is 0. The number of hydrogen-bond acceptors (Lipinski definition) is 4. The summed E-state index contributed by atoms with van der Waals surface area (Å²) < 4.78 is 4.68. The van der Waals surface area contributed by atoms with Crippen LogP contribution in [-0.2, 0) is 14.3 Å². The summed E-state index contributed by atoms with van der Waals surface area (Å²) in [6.07, 6.45) is 0.103. The zero-order valence-corrected chi connectivity index (χ0v) is 11.9. The maximum atomic E-state index is 12.1. The van der Waals surface area contributed by atoms with Gasteiger partial charge in [-0.3, -0.25) is 14.5 Å². The Hall–Kier alpha value is -1.10. The number of esters is 1. The normalized spacial score (nSPS) is 26.4. The molecule has 5 nitrogen and oxygen atoms in total. The molecule has 1 aliphatic rings. The summed E-state index contributed by atoms with van der Waals surface area (Å²) in [5, 5.41) is 2.89. The second-order valence-corrected chi connectivity index (χ2v) is 5.97. The van der Waals surface area contributed by atoms with E-state index in [1.165, 1.54) is 7.11 Å². The van der Waals surface area contributed by atoms with Crippen LogP contribution in [0.1, 0.15) is 34.1 Å². The first-order chi connectivity index (χ1) is 8.25. The quantitative estimate of drug-likeness (QED) is 0.742. The largest absolute Gasteiger partial charge is 0.469 e. The third-order valence-electron chi connectivity index (χ3n) is 3.26. The van der Waals surface area contributed by atoms with E-state index < -0.39 is 6.04 Å². The maximum absolute atomic E-state index is 12.1. The van der Waals surface area contributed by atoms with Gasteiger partial charge in [0.1, 0.15) is 6.04 Å². The molecule has 1 saturated heterocycles. The van der Waals surface area contributed by atoms with Crippen molar-refractivity contribution in [1.29, 1.82) is 0 Å². The predicted octanol–water partition coefficient (Wildman–Crippen LogP) is 0.785. The first-order valence-electron chi connectivity index (χ1n) is 6.37. The first-order valence-corrected chi connectivity index (χ1v) is 6.37. The zero-order chi connectivity index (χ0) is 13.9. The molecule has 2 atom stereocenters. The van der Waals surface area contributed by atoms with Crippen LogP contribution in [0.25, 0.3) is 0 Å². The van der Waals surface area contributed by atoms with Crippen molar-refractivity contribution in [3.8, 4) is 0 Å². The van der Waals surface area contributed by atoms with E-state index in [0.717, 1.165) is 6.54 Å². The Morgan fingerprint density at radius 2 is 2.11 bits per heavy atom. The molecule has 2 unspecified atom stereocenters. The van der Waals surface area contributed by atoms with E-state index in [-0.39, 0.29) is 23.8 Å². The SMILES string of the molecule is COC(=O)CC1C(=O)NCC(C)CN1C(C)(C)C. The lowest BCUT2D eigenvalue weighted by molar-refractivity contribution is -0.145. The van der Waals surface area contributed by atoms with Crippen LogP contribution < -0.4 is 5.32 Å². The highest BCUT2D eigenvalue weighted by Crippen LogP contribution is 2.23. The Morgan fingerprint density at radius 3 is 2.61 bits per heavy atom. The highest BCUT2D eigenvalue weighted by molar-refractivity contribution is 5.86. The fraction of sp³-hybridized carbons (Fsp3) is 0.846. The van der Waals surface area contributed by atoms with E-state index in [1.807, 2.05) is 0 Å². The number of carbonyl (C=O) groups is 2. The summed E-state index contributed by atoms with van der Waals surface area (Å²) in [4.78, 5) is 25.7. The van der Waals surface area contributed by atoms with Crippen LogP contribution in [-0.4, -0.2) is 48.6 Å². The molecule has 104 valence electrons. The van der Waals surface area contributed by atoms with Crippen molar-refractivity contribution >= 4 is 11.9 Å². The van der Waals surface area contributed by atoms with Crippen LogP contribution in [0.2, 0.25) is 0 Å². The van der Waals surface area contributed by atoms with Crippen LogP contribution in [0.3, 0.4) is 0 Å². The van der Waals surface area contributed by atoms with Gasteiger partial charge in [-0.2, -0.15) is 0 Å². The highest BCUT2D eigenvalue weighted by atomic mass is 16.5. The van der Waals surface area contributed by atoms with Crippen molar-refractivity contribution in [2.75, 3.05) is 20.2 Å². The Labute approximate surface area is 109 Å². The van der Waals surface area contributed by atoms with Gasteiger partial charge in [-0.05, 0) is 26.7 Å². The van der Waals surface area contributed by atoms with Gasteiger partial charge in [0, 0.05) is 18.6 Å². The fourth-order valence-electron chi connectivity index (χ4n) is 2.25. The van der Waals surface area contributed by atoms with Crippen LogP contribution >= 0.6 is 0 Å². The molecule has 1 N–H and O–H groups in total. The Balaban J connectivity index is 2.95. The molecular weight excluding hydrogens is 232 g/mol. The average molecular weight is 256 g/mol. The zero-order valence-electron chi connectivity index (χ0n) is 11.9. The highest BCUT2D eigenvalue weighted by Gasteiger charge is 2.38. The van der Waals surface area contributed by atoms with E-state index in [9.17, 15) is 9.59 Å². The number of hydrogen-bond donors (Lipinski definition) is 1. The standard InChI is InChI=1S/C13H24N2O3/c1-9-7-14-12(17)10(6-11(16)18-5)15(8-9)13(2,3)4/h9-10H,6-8H2,1-5H3,(H,14,17). The first kappa shape index (κ1) is 15.0. The van der Waals surface area contributed by atoms with E-state index in [4.69, 9.17) is 0 Å². The minimum Gasteiger partial charge on any atom is -0.469 e. The Morgan fingerprint density at radius 1 is 1.50 bits per heavy atom. The van der Waals surface area contributed by atoms with Gasteiger partial charge in [0.05, 0.1) is 13.5 Å². The van der Waals surface area contributed by atoms with Gasteiger partial charge >= 0.3 is 5.97 Å². The second kappa shape index (κ2) is 5.69. The van der Waals surface area contributed by atoms with Crippen molar-refractivity contribution in [1.82, 2.24) is 10.2 Å². The van der Waals surface area contributed by atoms with Crippen LogP contribution in [0.4, 0.5) is 0 Å². The number of ether oxygens (including phenoxy) is 1. The number of nitrogens with zero attached hydrogens (tertiary/aromatic N) is 1. The van der Waals surface area contributed by atoms with E-state index in [1.54, 1.807) is 0 Å². The summed E-state index contributed by atoms with van der Waals surface area (Å²) in [5.41, 5.74) is -0.158. The number of amides is 1. The van der Waals surface area contributed by atoms with E-state index in [0.29, 0.717) is 12.5 Å². The van der Waals surface area contributed by atoms with Gasteiger partial charge in [0.2, 0.25) is 5.91 Å². The molecule has 0 spiro atoms. The van der Waals surface area contributed by atoms with Gasteiger partial charge in [0.25, 0.3) is 0 Å². The van der Waals surface area contributed by atoms with Gasteiger partial charge in [-0.25, -0.2) is 0 Å². The smallest absolute Gasteiger partial charge is 0.307 e. The number of carbonyl (C=O) groups excluding carboxylic acids is 2. The maximum Gasteiger partial charge on any atom is 0.307 e. The van der Waals surface area contributed by atoms with Crippen LogP contribution in [0, 0.1) is 5.92 Å². The Bertz CT molecular complexity index is 323. The molecule has 1 heterocycles. The molecule has 0 aromatic carbocycles. The van der Waals surface area contributed by atoms with Gasteiger partial charge in [-0.1, -0.05) is 6.92 Å². The average Bonchev–Trinajstić information content (AvgIpc) is 2.41. The number of methoxy groups -OCH3 is 1. The van der Waals surface area contributed by atoms with Crippen LogP contribution in [0.15, 0.2) is 0 Å². The van der Waals surface area contributed by atoms with Crippen molar-refractivity contribution in [2.45, 2.75) is 45.7 Å². The van der Waals surface area contributed by atoms with Gasteiger partial charge in [0.15, 0.2) is 0 Å². The summed E-state index contributed by atoms with van der Waals surface area (Å²) in [6, 6.07) is -0.442. The molecule has 0 aromatic heterocycles. The number of rotatable bonds is 2. The van der Waals surface area contributed by atoms with Crippen LogP contribution in [0.5, 0.6) is 0 Å². The van der Waals surface area contributed by atoms with Gasteiger partial charge in [-0.15, -0.1) is 0 Å². The molecule has 0 aliphatic carbocycles. The monoisotopic (exact) mass is 256 g/mol. The Kier molecular flexibility index (Phi) is 4.73. The topological polar surface area (TPSA) is 58.6 Å².